The van der Waals surface area contributed by atoms with Crippen LogP contribution >= 0.6 is 0 Å². The Morgan fingerprint density at radius 1 is 1.60 bits per heavy atom. The monoisotopic (exact) mass is 206 g/mol. The van der Waals surface area contributed by atoms with Crippen molar-refractivity contribution >= 4 is 0 Å². The molecule has 0 aromatic carbocycles. The quantitative estimate of drug-likeness (QED) is 0.753. The highest BCUT2D eigenvalue weighted by atomic mass is 16.5. The van der Waals surface area contributed by atoms with Crippen molar-refractivity contribution in [3.05, 3.63) is 30.1 Å². The van der Waals surface area contributed by atoms with Crippen molar-refractivity contribution in [1.29, 1.82) is 0 Å². The predicted molar refractivity (Wildman–Crippen MR) is 59.6 cm³/mol. The molecule has 1 fully saturated rings. The van der Waals surface area contributed by atoms with E-state index in [2.05, 4.69) is 23.0 Å². The summed E-state index contributed by atoms with van der Waals surface area (Å²) in [5, 5.41) is 0. The first-order valence-electron chi connectivity index (χ1n) is 5.40. The Morgan fingerprint density at radius 2 is 2.47 bits per heavy atom. The van der Waals surface area contributed by atoms with Gasteiger partial charge in [0.05, 0.1) is 6.61 Å². The minimum Gasteiger partial charge on any atom is -0.384 e. The number of hydrogen-bond acceptors (Lipinski definition) is 3. The van der Waals surface area contributed by atoms with Gasteiger partial charge < -0.3 is 4.74 Å². The Hall–Kier alpha value is -0.930. The summed E-state index contributed by atoms with van der Waals surface area (Å²) in [4.78, 5) is 6.57. The summed E-state index contributed by atoms with van der Waals surface area (Å²) in [7, 11) is 3.95. The molecule has 1 aliphatic heterocycles. The number of pyridine rings is 1. The summed E-state index contributed by atoms with van der Waals surface area (Å²) >= 11 is 0. The minimum atomic E-state index is 0.513. The van der Waals surface area contributed by atoms with Gasteiger partial charge in [0.1, 0.15) is 0 Å². The van der Waals surface area contributed by atoms with Gasteiger partial charge in [-0.15, -0.1) is 0 Å². The summed E-state index contributed by atoms with van der Waals surface area (Å²) in [6.45, 7) is 1.98. The molecule has 0 spiro atoms. The van der Waals surface area contributed by atoms with Gasteiger partial charge in [0.2, 0.25) is 0 Å². The Bertz CT molecular complexity index is 302. The summed E-state index contributed by atoms with van der Waals surface area (Å²) < 4.78 is 5.22. The van der Waals surface area contributed by atoms with Gasteiger partial charge in [-0.3, -0.25) is 9.88 Å². The van der Waals surface area contributed by atoms with Crippen LogP contribution in [-0.2, 0) is 4.74 Å². The molecule has 0 unspecified atom stereocenters. The highest BCUT2D eigenvalue weighted by molar-refractivity contribution is 5.15. The Kier molecular flexibility index (Phi) is 3.34. The van der Waals surface area contributed by atoms with E-state index in [1.165, 1.54) is 12.0 Å². The van der Waals surface area contributed by atoms with Gasteiger partial charge in [-0.25, -0.2) is 0 Å². The van der Waals surface area contributed by atoms with Gasteiger partial charge in [0, 0.05) is 32.1 Å². The molecule has 0 amide bonds. The maximum atomic E-state index is 5.22. The van der Waals surface area contributed by atoms with E-state index >= 15 is 0 Å². The maximum Gasteiger partial charge on any atom is 0.0503 e. The Morgan fingerprint density at radius 3 is 3.13 bits per heavy atom. The molecular formula is C12H18N2O. The maximum absolute atomic E-state index is 5.22. The van der Waals surface area contributed by atoms with E-state index in [9.17, 15) is 0 Å². The summed E-state index contributed by atoms with van der Waals surface area (Å²) in [6, 6.07) is 4.68. The van der Waals surface area contributed by atoms with Crippen molar-refractivity contribution in [1.82, 2.24) is 9.88 Å². The zero-order chi connectivity index (χ0) is 10.7. The topological polar surface area (TPSA) is 25.4 Å². The first kappa shape index (κ1) is 10.6. The molecule has 2 atom stereocenters. The lowest BCUT2D eigenvalue weighted by molar-refractivity contribution is 0.155. The molecular weight excluding hydrogens is 188 g/mol. The average molecular weight is 206 g/mol. The first-order valence-corrected chi connectivity index (χ1v) is 5.40. The van der Waals surface area contributed by atoms with Gasteiger partial charge in [0.15, 0.2) is 0 Å². The number of nitrogens with zero attached hydrogens (tertiary/aromatic N) is 2. The number of methoxy groups -OCH3 is 1. The molecule has 2 rings (SSSR count). The zero-order valence-electron chi connectivity index (χ0n) is 9.39. The highest BCUT2D eigenvalue weighted by Crippen LogP contribution is 2.33. The fourth-order valence-corrected chi connectivity index (χ4v) is 2.42. The van der Waals surface area contributed by atoms with E-state index in [-0.39, 0.29) is 0 Å². The van der Waals surface area contributed by atoms with Crippen LogP contribution in [0.4, 0.5) is 0 Å². The SMILES string of the molecule is COC[C@@H]1C[C@@H](c2cccnc2)N(C)C1. The van der Waals surface area contributed by atoms with Crippen LogP contribution in [0.15, 0.2) is 24.5 Å². The Balaban J connectivity index is 2.05. The Labute approximate surface area is 91.1 Å². The largest absolute Gasteiger partial charge is 0.384 e. The van der Waals surface area contributed by atoms with Crippen molar-refractivity contribution < 1.29 is 4.74 Å². The fourth-order valence-electron chi connectivity index (χ4n) is 2.42. The van der Waals surface area contributed by atoms with Gasteiger partial charge in [0.25, 0.3) is 0 Å². The molecule has 3 nitrogen and oxygen atoms in total. The average Bonchev–Trinajstić information content (AvgIpc) is 2.61. The second-order valence-corrected chi connectivity index (χ2v) is 4.30. The summed E-state index contributed by atoms with van der Waals surface area (Å²) in [5.74, 6) is 0.658. The molecule has 1 aliphatic rings. The predicted octanol–water partition coefficient (Wildman–Crippen LogP) is 1.72. The normalized spacial score (nSPS) is 27.1. The fraction of sp³-hybridized carbons (Fsp3) is 0.583. The minimum absolute atomic E-state index is 0.513. The van der Waals surface area contributed by atoms with E-state index in [4.69, 9.17) is 4.74 Å². The number of aromatic nitrogens is 1. The molecule has 0 radical (unpaired) electrons. The van der Waals surface area contributed by atoms with E-state index in [1.54, 1.807) is 7.11 Å². The van der Waals surface area contributed by atoms with Crippen LogP contribution in [0, 0.1) is 5.92 Å². The molecule has 2 heterocycles. The van der Waals surface area contributed by atoms with Crippen LogP contribution in [0.5, 0.6) is 0 Å². The van der Waals surface area contributed by atoms with Crippen LogP contribution in [0.25, 0.3) is 0 Å². The standard InChI is InChI=1S/C12H18N2O/c1-14-8-10(9-15-2)6-12(14)11-4-3-5-13-7-11/h3-5,7,10,12H,6,8-9H2,1-2H3/t10-,12+/m1/s1. The molecule has 1 aromatic heterocycles. The molecule has 0 N–H and O–H groups in total. The third-order valence-electron chi connectivity index (χ3n) is 3.11. The van der Waals surface area contributed by atoms with Crippen LogP contribution in [0.1, 0.15) is 18.0 Å². The van der Waals surface area contributed by atoms with Crippen molar-refractivity contribution in [2.24, 2.45) is 5.92 Å². The molecule has 1 saturated heterocycles. The number of ether oxygens (including phenoxy) is 1. The molecule has 82 valence electrons. The lowest BCUT2D eigenvalue weighted by Crippen LogP contribution is -2.19. The second kappa shape index (κ2) is 4.73. The van der Waals surface area contributed by atoms with Crippen LogP contribution < -0.4 is 0 Å². The van der Waals surface area contributed by atoms with Crippen molar-refractivity contribution in [3.8, 4) is 0 Å². The second-order valence-electron chi connectivity index (χ2n) is 4.30. The third kappa shape index (κ3) is 2.36. The molecule has 15 heavy (non-hydrogen) atoms. The van der Waals surface area contributed by atoms with Gasteiger partial charge >= 0.3 is 0 Å². The van der Waals surface area contributed by atoms with Gasteiger partial charge in [-0.05, 0) is 31.0 Å². The lowest BCUT2D eigenvalue weighted by Gasteiger charge is -2.18. The van der Waals surface area contributed by atoms with Crippen LogP contribution in [0.2, 0.25) is 0 Å². The smallest absolute Gasteiger partial charge is 0.0503 e. The van der Waals surface area contributed by atoms with Crippen LogP contribution in [0.3, 0.4) is 0 Å². The van der Waals surface area contributed by atoms with Gasteiger partial charge in [-0.2, -0.15) is 0 Å². The zero-order valence-corrected chi connectivity index (χ0v) is 9.39. The van der Waals surface area contributed by atoms with Crippen molar-refractivity contribution in [2.75, 3.05) is 27.3 Å². The van der Waals surface area contributed by atoms with E-state index < -0.39 is 0 Å². The van der Waals surface area contributed by atoms with Crippen LogP contribution in [-0.4, -0.2) is 37.2 Å². The van der Waals surface area contributed by atoms with E-state index in [1.807, 2.05) is 18.5 Å². The number of likely N-dealkylation sites (tertiary alicyclic amines) is 1. The third-order valence-corrected chi connectivity index (χ3v) is 3.11. The molecule has 1 aromatic rings. The van der Waals surface area contributed by atoms with E-state index in [0.29, 0.717) is 12.0 Å². The van der Waals surface area contributed by atoms with Crippen molar-refractivity contribution in [3.63, 3.8) is 0 Å². The van der Waals surface area contributed by atoms with Gasteiger partial charge in [-0.1, -0.05) is 6.07 Å². The lowest BCUT2D eigenvalue weighted by atomic mass is 10.0. The summed E-state index contributed by atoms with van der Waals surface area (Å²) in [5.41, 5.74) is 1.32. The molecule has 0 aliphatic carbocycles. The first-order chi connectivity index (χ1) is 7.31. The van der Waals surface area contributed by atoms with Crippen molar-refractivity contribution in [2.45, 2.75) is 12.5 Å². The number of hydrogen-bond donors (Lipinski definition) is 0. The van der Waals surface area contributed by atoms with E-state index in [0.717, 1.165) is 13.2 Å². The summed E-state index contributed by atoms with van der Waals surface area (Å²) in [6.07, 6.45) is 4.97. The highest BCUT2D eigenvalue weighted by Gasteiger charge is 2.30. The molecule has 0 bridgehead atoms. The molecule has 3 heteroatoms. The number of rotatable bonds is 3. The molecule has 0 saturated carbocycles.